The normalized spacial score (nSPS) is 11.3. The molecule has 1 aromatic rings. The number of aliphatic imine (C=N–C) groups is 1. The van der Waals surface area contributed by atoms with E-state index in [1.54, 1.807) is 24.6 Å². The van der Waals surface area contributed by atoms with Gasteiger partial charge in [0.05, 0.1) is 0 Å². The molecule has 0 heterocycles. The number of carbonyl (C=O) groups is 1. The molecule has 0 radical (unpaired) electrons. The molecule has 0 aliphatic heterocycles. The highest BCUT2D eigenvalue weighted by molar-refractivity contribution is 5.96. The van der Waals surface area contributed by atoms with Gasteiger partial charge in [-0.05, 0) is 17.7 Å². The van der Waals surface area contributed by atoms with Crippen LogP contribution in [-0.2, 0) is 11.3 Å². The summed E-state index contributed by atoms with van der Waals surface area (Å²) < 4.78 is 0. The van der Waals surface area contributed by atoms with Crippen LogP contribution in [0, 0.1) is 0 Å². The van der Waals surface area contributed by atoms with Crippen molar-refractivity contribution in [2.24, 2.45) is 4.99 Å². The summed E-state index contributed by atoms with van der Waals surface area (Å²) >= 11 is 0. The molecule has 0 saturated carbocycles. The van der Waals surface area contributed by atoms with E-state index in [1.165, 1.54) is 0 Å². The Kier molecular flexibility index (Phi) is 7.29. The highest BCUT2D eigenvalue weighted by atomic mass is 16.1. The van der Waals surface area contributed by atoms with Crippen molar-refractivity contribution in [2.75, 3.05) is 14.1 Å². The summed E-state index contributed by atoms with van der Waals surface area (Å²) in [5, 5.41) is 2.81. The lowest BCUT2D eigenvalue weighted by atomic mass is 10.2. The molecular weight excluding hydrogens is 262 g/mol. The average molecular weight is 283 g/mol. The molecule has 1 aromatic carbocycles. The molecule has 1 rings (SSSR count). The zero-order valence-corrected chi connectivity index (χ0v) is 12.5. The summed E-state index contributed by atoms with van der Waals surface area (Å²) in [7, 11) is 3.83. The van der Waals surface area contributed by atoms with E-state index in [1.807, 2.05) is 55.5 Å². The van der Waals surface area contributed by atoms with Crippen molar-refractivity contribution < 1.29 is 4.79 Å². The second kappa shape index (κ2) is 9.31. The maximum atomic E-state index is 11.8. The van der Waals surface area contributed by atoms with E-state index in [2.05, 4.69) is 16.9 Å². The number of amides is 1. The van der Waals surface area contributed by atoms with Crippen LogP contribution in [0.15, 0.2) is 72.0 Å². The largest absolute Gasteiger partial charge is 0.382 e. The Bertz CT molecular complexity index is 542. The molecule has 4 heteroatoms. The smallest absolute Gasteiger partial charge is 0.250 e. The second-order valence-corrected chi connectivity index (χ2v) is 4.61. The van der Waals surface area contributed by atoms with Gasteiger partial charge in [-0.3, -0.25) is 9.79 Å². The van der Waals surface area contributed by atoms with E-state index in [0.29, 0.717) is 12.1 Å². The third kappa shape index (κ3) is 7.52. The molecule has 4 nitrogen and oxygen atoms in total. The zero-order valence-electron chi connectivity index (χ0n) is 12.5. The van der Waals surface area contributed by atoms with Crippen molar-refractivity contribution in [1.82, 2.24) is 10.2 Å². The van der Waals surface area contributed by atoms with Crippen molar-refractivity contribution in [3.8, 4) is 0 Å². The van der Waals surface area contributed by atoms with Gasteiger partial charge in [0, 0.05) is 44.8 Å². The lowest BCUT2D eigenvalue weighted by Crippen LogP contribution is -2.23. The molecule has 110 valence electrons. The molecule has 0 atom stereocenters. The maximum absolute atomic E-state index is 11.8. The topological polar surface area (TPSA) is 44.7 Å². The highest BCUT2D eigenvalue weighted by Gasteiger charge is 2.02. The Morgan fingerprint density at radius 1 is 1.33 bits per heavy atom. The standard InChI is InChI=1S/C17H21N3O/c1-15(8-7-11-18-12-13-20(2)3)17(21)19-14-16-9-5-4-6-10-16/h4-13H,1,14H2,2-3H3,(H,19,21)/b8-7-,13-12-,18-11-. The van der Waals surface area contributed by atoms with E-state index in [0.717, 1.165) is 5.56 Å². The second-order valence-electron chi connectivity index (χ2n) is 4.61. The molecule has 0 unspecified atom stereocenters. The van der Waals surface area contributed by atoms with Crippen LogP contribution >= 0.6 is 0 Å². The van der Waals surface area contributed by atoms with Crippen LogP contribution in [0.25, 0.3) is 0 Å². The predicted octanol–water partition coefficient (Wildman–Crippen LogP) is 2.52. The monoisotopic (exact) mass is 283 g/mol. The minimum Gasteiger partial charge on any atom is -0.382 e. The number of allylic oxidation sites excluding steroid dienone is 1. The van der Waals surface area contributed by atoms with E-state index >= 15 is 0 Å². The van der Waals surface area contributed by atoms with Gasteiger partial charge in [-0.25, -0.2) is 0 Å². The average Bonchev–Trinajstić information content (AvgIpc) is 2.48. The minimum atomic E-state index is -0.188. The lowest BCUT2D eigenvalue weighted by molar-refractivity contribution is -0.117. The van der Waals surface area contributed by atoms with Crippen LogP contribution in [-0.4, -0.2) is 31.1 Å². The molecule has 0 saturated heterocycles. The highest BCUT2D eigenvalue weighted by Crippen LogP contribution is 1.99. The van der Waals surface area contributed by atoms with E-state index in [9.17, 15) is 4.79 Å². The van der Waals surface area contributed by atoms with Crippen molar-refractivity contribution in [3.63, 3.8) is 0 Å². The number of hydrogen-bond acceptors (Lipinski definition) is 3. The van der Waals surface area contributed by atoms with Crippen LogP contribution in [0.1, 0.15) is 5.56 Å². The SMILES string of the molecule is C=C(\C=C/C=N\C=C/N(C)C)C(=O)NCc1ccccc1. The molecule has 0 aliphatic carbocycles. The van der Waals surface area contributed by atoms with Crippen molar-refractivity contribution >= 4 is 12.1 Å². The van der Waals surface area contributed by atoms with Gasteiger partial charge in [0.1, 0.15) is 0 Å². The maximum Gasteiger partial charge on any atom is 0.250 e. The molecule has 1 N–H and O–H groups in total. The molecule has 0 aliphatic rings. The summed E-state index contributed by atoms with van der Waals surface area (Å²) in [4.78, 5) is 17.7. The number of rotatable bonds is 7. The quantitative estimate of drug-likeness (QED) is 0.475. The third-order valence-corrected chi connectivity index (χ3v) is 2.51. The number of nitrogens with zero attached hydrogens (tertiary/aromatic N) is 2. The van der Waals surface area contributed by atoms with Gasteiger partial charge in [0.15, 0.2) is 0 Å². The summed E-state index contributed by atoms with van der Waals surface area (Å²) in [5.41, 5.74) is 1.45. The first-order valence-corrected chi connectivity index (χ1v) is 6.63. The fourth-order valence-corrected chi connectivity index (χ4v) is 1.40. The van der Waals surface area contributed by atoms with Crippen LogP contribution in [0.4, 0.5) is 0 Å². The zero-order chi connectivity index (χ0) is 15.5. The van der Waals surface area contributed by atoms with Gasteiger partial charge in [0.2, 0.25) is 0 Å². The van der Waals surface area contributed by atoms with Gasteiger partial charge >= 0.3 is 0 Å². The fourth-order valence-electron chi connectivity index (χ4n) is 1.40. The predicted molar refractivity (Wildman–Crippen MR) is 87.9 cm³/mol. The molecule has 1 amide bonds. The first-order valence-electron chi connectivity index (χ1n) is 6.63. The molecular formula is C17H21N3O. The minimum absolute atomic E-state index is 0.188. The van der Waals surface area contributed by atoms with Gasteiger partial charge in [-0.1, -0.05) is 36.9 Å². The Labute approximate surface area is 126 Å². The van der Waals surface area contributed by atoms with Gasteiger partial charge in [-0.2, -0.15) is 0 Å². The number of carbonyl (C=O) groups excluding carboxylic acids is 1. The molecule has 0 spiro atoms. The van der Waals surface area contributed by atoms with E-state index < -0.39 is 0 Å². The first kappa shape index (κ1) is 16.4. The summed E-state index contributed by atoms with van der Waals surface area (Å²) in [6.45, 7) is 4.22. The molecule has 0 aromatic heterocycles. The summed E-state index contributed by atoms with van der Waals surface area (Å²) in [5.74, 6) is -0.188. The lowest BCUT2D eigenvalue weighted by Gasteiger charge is -2.04. The Balaban J connectivity index is 2.36. The summed E-state index contributed by atoms with van der Waals surface area (Å²) in [6.07, 6.45) is 8.42. The van der Waals surface area contributed by atoms with Gasteiger partial charge < -0.3 is 10.2 Å². The Morgan fingerprint density at radius 2 is 2.05 bits per heavy atom. The number of nitrogens with one attached hydrogen (secondary N) is 1. The van der Waals surface area contributed by atoms with Crippen molar-refractivity contribution in [2.45, 2.75) is 6.54 Å². The Morgan fingerprint density at radius 3 is 2.71 bits per heavy atom. The van der Waals surface area contributed by atoms with E-state index in [4.69, 9.17) is 0 Å². The van der Waals surface area contributed by atoms with Crippen LogP contribution in [0.2, 0.25) is 0 Å². The van der Waals surface area contributed by atoms with Gasteiger partial charge in [-0.15, -0.1) is 0 Å². The van der Waals surface area contributed by atoms with Crippen LogP contribution < -0.4 is 5.32 Å². The van der Waals surface area contributed by atoms with Gasteiger partial charge in [0.25, 0.3) is 5.91 Å². The van der Waals surface area contributed by atoms with E-state index in [-0.39, 0.29) is 5.91 Å². The Hall–Kier alpha value is -2.62. The van der Waals surface area contributed by atoms with Crippen molar-refractivity contribution in [1.29, 1.82) is 0 Å². The fraction of sp³-hybridized carbons (Fsp3) is 0.176. The molecule has 21 heavy (non-hydrogen) atoms. The molecule has 0 bridgehead atoms. The molecule has 0 fully saturated rings. The first-order chi connectivity index (χ1) is 10.1. The number of benzene rings is 1. The number of hydrogen-bond donors (Lipinski definition) is 1. The summed E-state index contributed by atoms with van der Waals surface area (Å²) in [6, 6.07) is 9.74. The van der Waals surface area contributed by atoms with Crippen molar-refractivity contribution in [3.05, 3.63) is 72.6 Å². The van der Waals surface area contributed by atoms with Crippen LogP contribution in [0.5, 0.6) is 0 Å². The van der Waals surface area contributed by atoms with Crippen LogP contribution in [0.3, 0.4) is 0 Å². The third-order valence-electron chi connectivity index (χ3n) is 2.51.